The van der Waals surface area contributed by atoms with Crippen LogP contribution in [0.25, 0.3) is 0 Å². The van der Waals surface area contributed by atoms with Gasteiger partial charge in [-0.2, -0.15) is 17.0 Å². The van der Waals surface area contributed by atoms with Crippen molar-refractivity contribution in [3.63, 3.8) is 0 Å². The van der Waals surface area contributed by atoms with Gasteiger partial charge < -0.3 is 5.11 Å². The number of nitriles is 1. The molecule has 4 nitrogen and oxygen atoms in total. The fourth-order valence-electron chi connectivity index (χ4n) is 1.33. The van der Waals surface area contributed by atoms with E-state index in [0.717, 1.165) is 12.3 Å². The Labute approximate surface area is 81.5 Å². The average Bonchev–Trinajstić information content (AvgIpc) is 2.15. The van der Waals surface area contributed by atoms with E-state index in [0.29, 0.717) is 18.7 Å². The van der Waals surface area contributed by atoms with Crippen molar-refractivity contribution in [2.75, 3.05) is 24.6 Å². The summed E-state index contributed by atoms with van der Waals surface area (Å²) >= 11 is 1.66. The summed E-state index contributed by atoms with van der Waals surface area (Å²) in [5.41, 5.74) is 0. The summed E-state index contributed by atoms with van der Waals surface area (Å²) in [7, 11) is 0. The zero-order chi connectivity index (χ0) is 9.68. The fraction of sp³-hybridized carbons (Fsp3) is 0.750. The number of hydrogen-bond donors (Lipinski definition) is 1. The number of rotatable bonds is 3. The van der Waals surface area contributed by atoms with E-state index >= 15 is 0 Å². The summed E-state index contributed by atoms with van der Waals surface area (Å²) in [6.45, 7) is 1.36. The Bertz CT molecular complexity index is 227. The second-order valence-electron chi connectivity index (χ2n) is 2.87. The van der Waals surface area contributed by atoms with Crippen LogP contribution >= 0.6 is 11.8 Å². The zero-order valence-corrected chi connectivity index (χ0v) is 8.09. The van der Waals surface area contributed by atoms with Gasteiger partial charge in [0, 0.05) is 31.0 Å². The number of thioether (sulfide) groups is 1. The molecule has 0 aromatic rings. The minimum atomic E-state index is -0.773. The second-order valence-corrected chi connectivity index (χ2v) is 4.02. The maximum atomic E-state index is 10.8. The van der Waals surface area contributed by atoms with Crippen molar-refractivity contribution in [2.24, 2.45) is 0 Å². The summed E-state index contributed by atoms with van der Waals surface area (Å²) in [5, 5.41) is 17.3. The number of nitrogens with zero attached hydrogens (tertiary/aromatic N) is 2. The van der Waals surface area contributed by atoms with Gasteiger partial charge in [0.15, 0.2) is 0 Å². The van der Waals surface area contributed by atoms with Gasteiger partial charge in [0.2, 0.25) is 0 Å². The molecule has 1 atom stereocenters. The Hall–Kier alpha value is -0.730. The van der Waals surface area contributed by atoms with Crippen LogP contribution in [0.5, 0.6) is 0 Å². The number of carboxylic acid groups (broad SMARTS) is 1. The van der Waals surface area contributed by atoms with Gasteiger partial charge in [-0.15, -0.1) is 0 Å². The number of hydrogen-bond acceptors (Lipinski definition) is 4. The SMILES string of the molecule is N#CCCN1CCSCC1C(=O)O. The molecule has 13 heavy (non-hydrogen) atoms. The fourth-order valence-corrected chi connectivity index (χ4v) is 2.43. The molecule has 1 unspecified atom stereocenters. The van der Waals surface area contributed by atoms with Gasteiger partial charge in [-0.1, -0.05) is 0 Å². The van der Waals surface area contributed by atoms with Crippen molar-refractivity contribution in [3.8, 4) is 6.07 Å². The molecule has 1 N–H and O–H groups in total. The summed E-state index contributed by atoms with van der Waals surface area (Å²) < 4.78 is 0. The molecule has 72 valence electrons. The summed E-state index contributed by atoms with van der Waals surface area (Å²) in [6, 6.07) is 1.64. The molecular weight excluding hydrogens is 188 g/mol. The molecule has 0 aromatic heterocycles. The maximum absolute atomic E-state index is 10.8. The van der Waals surface area contributed by atoms with Crippen molar-refractivity contribution in [3.05, 3.63) is 0 Å². The molecular formula is C8H12N2O2S. The van der Waals surface area contributed by atoms with Crippen LogP contribution in [0.1, 0.15) is 6.42 Å². The topological polar surface area (TPSA) is 64.3 Å². The maximum Gasteiger partial charge on any atom is 0.321 e. The monoisotopic (exact) mass is 200 g/mol. The molecule has 1 fully saturated rings. The predicted octanol–water partition coefficient (Wildman–Crippen LogP) is 0.402. The molecule has 0 aliphatic carbocycles. The van der Waals surface area contributed by atoms with Gasteiger partial charge >= 0.3 is 5.97 Å². The quantitative estimate of drug-likeness (QED) is 0.714. The second kappa shape index (κ2) is 5.10. The lowest BCUT2D eigenvalue weighted by molar-refractivity contribution is -0.142. The van der Waals surface area contributed by atoms with Crippen molar-refractivity contribution in [1.82, 2.24) is 4.90 Å². The standard InChI is InChI=1S/C8H12N2O2S/c9-2-1-3-10-4-5-13-6-7(10)8(11)12/h7H,1,3-6H2,(H,11,12). The molecule has 0 amide bonds. The lowest BCUT2D eigenvalue weighted by Gasteiger charge is -2.31. The number of aliphatic carboxylic acids is 1. The van der Waals surface area contributed by atoms with Crippen LogP contribution < -0.4 is 0 Å². The molecule has 1 rings (SSSR count). The van der Waals surface area contributed by atoms with Crippen LogP contribution in [0.4, 0.5) is 0 Å². The third-order valence-electron chi connectivity index (χ3n) is 2.04. The lowest BCUT2D eigenvalue weighted by Crippen LogP contribution is -2.47. The largest absolute Gasteiger partial charge is 0.480 e. The molecule has 0 aromatic carbocycles. The average molecular weight is 200 g/mol. The van der Waals surface area contributed by atoms with Crippen LogP contribution in [0.2, 0.25) is 0 Å². The molecule has 1 heterocycles. The van der Waals surface area contributed by atoms with Crippen molar-refractivity contribution in [2.45, 2.75) is 12.5 Å². The van der Waals surface area contributed by atoms with Crippen LogP contribution in [0.15, 0.2) is 0 Å². The first-order valence-corrected chi connectivity index (χ1v) is 5.32. The van der Waals surface area contributed by atoms with Crippen LogP contribution in [0.3, 0.4) is 0 Å². The Balaban J connectivity index is 2.47. The highest BCUT2D eigenvalue weighted by atomic mass is 32.2. The number of carbonyl (C=O) groups is 1. The molecule has 1 saturated heterocycles. The molecule has 0 saturated carbocycles. The minimum Gasteiger partial charge on any atom is -0.480 e. The van der Waals surface area contributed by atoms with Crippen molar-refractivity contribution < 1.29 is 9.90 Å². The molecule has 0 radical (unpaired) electrons. The predicted molar refractivity (Wildman–Crippen MR) is 50.6 cm³/mol. The Morgan fingerprint density at radius 3 is 3.15 bits per heavy atom. The third kappa shape index (κ3) is 2.90. The van der Waals surface area contributed by atoms with Crippen LogP contribution in [0, 0.1) is 11.3 Å². The van der Waals surface area contributed by atoms with Crippen LogP contribution in [-0.2, 0) is 4.79 Å². The van der Waals surface area contributed by atoms with Crippen molar-refractivity contribution >= 4 is 17.7 Å². The molecule has 0 bridgehead atoms. The van der Waals surface area contributed by atoms with E-state index < -0.39 is 12.0 Å². The minimum absolute atomic E-state index is 0.396. The summed E-state index contributed by atoms with van der Waals surface area (Å²) in [5.74, 6) is 0.834. The Kier molecular flexibility index (Phi) is 4.06. The van der Waals surface area contributed by atoms with Crippen LogP contribution in [-0.4, -0.2) is 46.6 Å². The van der Waals surface area contributed by atoms with E-state index in [-0.39, 0.29) is 0 Å². The molecule has 1 aliphatic heterocycles. The third-order valence-corrected chi connectivity index (χ3v) is 3.06. The molecule has 0 spiro atoms. The van der Waals surface area contributed by atoms with E-state index in [9.17, 15) is 4.79 Å². The first-order valence-electron chi connectivity index (χ1n) is 4.17. The van der Waals surface area contributed by atoms with E-state index in [1.807, 2.05) is 11.0 Å². The van der Waals surface area contributed by atoms with Gasteiger partial charge in [0.1, 0.15) is 6.04 Å². The lowest BCUT2D eigenvalue weighted by atomic mass is 10.2. The van der Waals surface area contributed by atoms with Crippen molar-refractivity contribution in [1.29, 1.82) is 5.26 Å². The number of carboxylic acids is 1. The smallest absolute Gasteiger partial charge is 0.321 e. The summed E-state index contributed by atoms with van der Waals surface area (Å²) in [4.78, 5) is 12.7. The van der Waals surface area contributed by atoms with Gasteiger partial charge in [-0.05, 0) is 0 Å². The van der Waals surface area contributed by atoms with E-state index in [1.54, 1.807) is 11.8 Å². The van der Waals surface area contributed by atoms with E-state index in [1.165, 1.54) is 0 Å². The zero-order valence-electron chi connectivity index (χ0n) is 7.27. The van der Waals surface area contributed by atoms with E-state index in [2.05, 4.69) is 0 Å². The van der Waals surface area contributed by atoms with Gasteiger partial charge in [-0.3, -0.25) is 9.69 Å². The first-order chi connectivity index (χ1) is 6.25. The normalized spacial score (nSPS) is 23.8. The van der Waals surface area contributed by atoms with Gasteiger partial charge in [-0.25, -0.2) is 0 Å². The highest BCUT2D eigenvalue weighted by Gasteiger charge is 2.27. The highest BCUT2D eigenvalue weighted by Crippen LogP contribution is 2.16. The first kappa shape index (κ1) is 10.4. The summed E-state index contributed by atoms with van der Waals surface area (Å²) in [6.07, 6.45) is 0.411. The Morgan fingerprint density at radius 2 is 2.54 bits per heavy atom. The Morgan fingerprint density at radius 1 is 1.77 bits per heavy atom. The highest BCUT2D eigenvalue weighted by molar-refractivity contribution is 7.99. The van der Waals surface area contributed by atoms with E-state index in [4.69, 9.17) is 10.4 Å². The molecule has 1 aliphatic rings. The van der Waals surface area contributed by atoms with Gasteiger partial charge in [0.05, 0.1) is 6.07 Å². The van der Waals surface area contributed by atoms with Gasteiger partial charge in [0.25, 0.3) is 0 Å². The molecule has 5 heteroatoms.